The number of esters is 1. The Bertz CT molecular complexity index is 412. The number of hydrogen-bond donors (Lipinski definition) is 0. The van der Waals surface area contributed by atoms with Crippen LogP contribution < -0.4 is 0 Å². The molecule has 16 heavy (non-hydrogen) atoms. The number of hydrogen-bond acceptors (Lipinski definition) is 3. The molecule has 4 heteroatoms. The molecule has 1 atom stereocenters. The van der Waals surface area contributed by atoms with Crippen molar-refractivity contribution in [2.45, 2.75) is 25.9 Å². The molecule has 0 aromatic heterocycles. The van der Waals surface area contributed by atoms with E-state index in [1.807, 2.05) is 13.0 Å². The van der Waals surface area contributed by atoms with E-state index in [0.29, 0.717) is 6.42 Å². The van der Waals surface area contributed by atoms with Crippen molar-refractivity contribution in [1.29, 1.82) is 5.26 Å². The van der Waals surface area contributed by atoms with Gasteiger partial charge in [0, 0.05) is 0 Å². The molecule has 0 aliphatic carbocycles. The van der Waals surface area contributed by atoms with Crippen LogP contribution in [0.5, 0.6) is 0 Å². The SMILES string of the molecule is CC[C@@H](CC#N)OC(=O)c1cccc(F)c1. The summed E-state index contributed by atoms with van der Waals surface area (Å²) in [6.45, 7) is 1.82. The van der Waals surface area contributed by atoms with Gasteiger partial charge in [0.05, 0.1) is 18.1 Å². The van der Waals surface area contributed by atoms with Gasteiger partial charge in [-0.3, -0.25) is 0 Å². The minimum absolute atomic E-state index is 0.150. The molecule has 1 aromatic carbocycles. The summed E-state index contributed by atoms with van der Waals surface area (Å²) in [4.78, 5) is 11.5. The average molecular weight is 221 g/mol. The van der Waals surface area contributed by atoms with Crippen molar-refractivity contribution in [3.05, 3.63) is 35.6 Å². The first-order chi connectivity index (χ1) is 7.67. The largest absolute Gasteiger partial charge is 0.458 e. The first-order valence-electron chi connectivity index (χ1n) is 5.01. The summed E-state index contributed by atoms with van der Waals surface area (Å²) in [7, 11) is 0. The number of ether oxygens (including phenoxy) is 1. The summed E-state index contributed by atoms with van der Waals surface area (Å²) in [5.41, 5.74) is 0.163. The third-order valence-corrected chi connectivity index (χ3v) is 2.11. The molecule has 0 bridgehead atoms. The van der Waals surface area contributed by atoms with E-state index in [0.717, 1.165) is 6.07 Å². The predicted molar refractivity (Wildman–Crippen MR) is 56.1 cm³/mol. The zero-order valence-corrected chi connectivity index (χ0v) is 8.94. The Morgan fingerprint density at radius 1 is 1.62 bits per heavy atom. The van der Waals surface area contributed by atoms with Gasteiger partial charge < -0.3 is 4.74 Å². The van der Waals surface area contributed by atoms with Gasteiger partial charge in [-0.1, -0.05) is 13.0 Å². The Morgan fingerprint density at radius 2 is 2.38 bits per heavy atom. The van der Waals surface area contributed by atoms with Crippen molar-refractivity contribution in [3.63, 3.8) is 0 Å². The van der Waals surface area contributed by atoms with E-state index in [1.165, 1.54) is 18.2 Å². The number of nitriles is 1. The quantitative estimate of drug-likeness (QED) is 0.734. The van der Waals surface area contributed by atoms with Crippen LogP contribution in [0.15, 0.2) is 24.3 Å². The maximum absolute atomic E-state index is 12.8. The van der Waals surface area contributed by atoms with Gasteiger partial charge in [-0.2, -0.15) is 5.26 Å². The summed E-state index contributed by atoms with van der Waals surface area (Å²) < 4.78 is 17.9. The van der Waals surface area contributed by atoms with Crippen LogP contribution in [0.3, 0.4) is 0 Å². The fraction of sp³-hybridized carbons (Fsp3) is 0.333. The van der Waals surface area contributed by atoms with Gasteiger partial charge >= 0.3 is 5.97 Å². The maximum atomic E-state index is 12.8. The van der Waals surface area contributed by atoms with E-state index in [9.17, 15) is 9.18 Å². The van der Waals surface area contributed by atoms with E-state index < -0.39 is 17.9 Å². The second kappa shape index (κ2) is 5.86. The minimum atomic E-state index is -0.596. The lowest BCUT2D eigenvalue weighted by atomic mass is 10.2. The Morgan fingerprint density at radius 3 is 2.94 bits per heavy atom. The van der Waals surface area contributed by atoms with E-state index >= 15 is 0 Å². The highest BCUT2D eigenvalue weighted by Gasteiger charge is 2.14. The van der Waals surface area contributed by atoms with Gasteiger partial charge in [-0.05, 0) is 24.6 Å². The fourth-order valence-electron chi connectivity index (χ4n) is 1.21. The summed E-state index contributed by atoms with van der Waals surface area (Å²) in [6.07, 6.45) is 0.285. The first kappa shape index (κ1) is 12.2. The Kier molecular flexibility index (Phi) is 4.46. The fourth-order valence-corrected chi connectivity index (χ4v) is 1.21. The summed E-state index contributed by atoms with van der Waals surface area (Å²) in [5, 5.41) is 8.49. The lowest BCUT2D eigenvalue weighted by Gasteiger charge is -2.12. The molecule has 84 valence electrons. The van der Waals surface area contributed by atoms with Crippen molar-refractivity contribution in [2.24, 2.45) is 0 Å². The Labute approximate surface area is 93.5 Å². The molecule has 0 saturated carbocycles. The van der Waals surface area contributed by atoms with Gasteiger partial charge in [0.1, 0.15) is 11.9 Å². The van der Waals surface area contributed by atoms with Crippen LogP contribution in [0, 0.1) is 17.1 Å². The monoisotopic (exact) mass is 221 g/mol. The number of benzene rings is 1. The van der Waals surface area contributed by atoms with Crippen molar-refractivity contribution < 1.29 is 13.9 Å². The van der Waals surface area contributed by atoms with Crippen LogP contribution in [0.4, 0.5) is 4.39 Å². The highest BCUT2D eigenvalue weighted by molar-refractivity contribution is 5.89. The molecule has 0 unspecified atom stereocenters. The molecule has 0 N–H and O–H groups in total. The molecular formula is C12H12FNO2. The van der Waals surface area contributed by atoms with Gasteiger partial charge in [-0.25, -0.2) is 9.18 Å². The van der Waals surface area contributed by atoms with Crippen LogP contribution in [0.1, 0.15) is 30.1 Å². The predicted octanol–water partition coefficient (Wildman–Crippen LogP) is 2.67. The number of halogens is 1. The van der Waals surface area contributed by atoms with Crippen LogP contribution >= 0.6 is 0 Å². The van der Waals surface area contributed by atoms with Gasteiger partial charge in [0.15, 0.2) is 0 Å². The van der Waals surface area contributed by atoms with Crippen LogP contribution in [-0.4, -0.2) is 12.1 Å². The summed E-state index contributed by atoms with van der Waals surface area (Å²) in [5.74, 6) is -1.08. The lowest BCUT2D eigenvalue weighted by molar-refractivity contribution is 0.0303. The number of carbonyl (C=O) groups excluding carboxylic acids is 1. The highest BCUT2D eigenvalue weighted by Crippen LogP contribution is 2.10. The molecule has 0 fully saturated rings. The van der Waals surface area contributed by atoms with E-state index in [2.05, 4.69) is 0 Å². The molecule has 0 saturated heterocycles. The van der Waals surface area contributed by atoms with Crippen molar-refractivity contribution in [1.82, 2.24) is 0 Å². The summed E-state index contributed by atoms with van der Waals surface area (Å²) in [6, 6.07) is 7.22. The molecule has 0 aliphatic rings. The topological polar surface area (TPSA) is 50.1 Å². The maximum Gasteiger partial charge on any atom is 0.338 e. The van der Waals surface area contributed by atoms with Crippen LogP contribution in [-0.2, 0) is 4.74 Å². The van der Waals surface area contributed by atoms with E-state index in [-0.39, 0.29) is 12.0 Å². The zero-order chi connectivity index (χ0) is 12.0. The van der Waals surface area contributed by atoms with Crippen LogP contribution in [0.2, 0.25) is 0 Å². The highest BCUT2D eigenvalue weighted by atomic mass is 19.1. The molecular weight excluding hydrogens is 209 g/mol. The number of rotatable bonds is 4. The average Bonchev–Trinajstić information content (AvgIpc) is 2.28. The van der Waals surface area contributed by atoms with E-state index in [1.54, 1.807) is 0 Å². The lowest BCUT2D eigenvalue weighted by Crippen LogP contribution is -2.17. The zero-order valence-electron chi connectivity index (χ0n) is 8.94. The standard InChI is InChI=1S/C12H12FNO2/c1-2-11(6-7-14)16-12(15)9-4-3-5-10(13)8-9/h3-5,8,11H,2,6H2,1H3/t11-/m0/s1. The second-order valence-corrected chi connectivity index (χ2v) is 3.31. The normalized spacial score (nSPS) is 11.6. The Balaban J connectivity index is 2.68. The molecule has 0 heterocycles. The molecule has 0 aliphatic heterocycles. The molecule has 3 nitrogen and oxygen atoms in total. The molecule has 1 rings (SSSR count). The summed E-state index contributed by atoms with van der Waals surface area (Å²) >= 11 is 0. The van der Waals surface area contributed by atoms with Crippen molar-refractivity contribution >= 4 is 5.97 Å². The smallest absolute Gasteiger partial charge is 0.338 e. The van der Waals surface area contributed by atoms with Gasteiger partial charge in [-0.15, -0.1) is 0 Å². The first-order valence-corrected chi connectivity index (χ1v) is 5.01. The second-order valence-electron chi connectivity index (χ2n) is 3.31. The van der Waals surface area contributed by atoms with Crippen molar-refractivity contribution in [2.75, 3.05) is 0 Å². The Hall–Kier alpha value is -1.89. The number of nitrogens with zero attached hydrogens (tertiary/aromatic N) is 1. The molecule has 0 spiro atoms. The van der Waals surface area contributed by atoms with E-state index in [4.69, 9.17) is 10.00 Å². The van der Waals surface area contributed by atoms with Crippen molar-refractivity contribution in [3.8, 4) is 6.07 Å². The van der Waals surface area contributed by atoms with Gasteiger partial charge in [0.25, 0.3) is 0 Å². The number of carbonyl (C=O) groups is 1. The molecule has 0 radical (unpaired) electrons. The molecule has 0 amide bonds. The third kappa shape index (κ3) is 3.35. The minimum Gasteiger partial charge on any atom is -0.458 e. The molecule has 1 aromatic rings. The van der Waals surface area contributed by atoms with Gasteiger partial charge in [0.2, 0.25) is 0 Å². The third-order valence-electron chi connectivity index (χ3n) is 2.11. The van der Waals surface area contributed by atoms with Crippen LogP contribution in [0.25, 0.3) is 0 Å².